The molecule has 1 aromatic carbocycles. The number of ether oxygens (including phenoxy) is 3. The Labute approximate surface area is 132 Å². The van der Waals surface area contributed by atoms with Gasteiger partial charge in [0.05, 0.1) is 40.2 Å². The van der Waals surface area contributed by atoms with E-state index in [4.69, 9.17) is 14.2 Å². The molecule has 3 unspecified atom stereocenters. The number of carbonyl (C=O) groups excluding carboxylic acids is 1. The number of benzene rings is 1. The topological polar surface area (TPSA) is 44.8 Å². The van der Waals surface area contributed by atoms with Gasteiger partial charge in [-0.2, -0.15) is 0 Å². The van der Waals surface area contributed by atoms with E-state index in [9.17, 15) is 4.79 Å². The molecule has 1 aliphatic rings. The molecule has 2 rings (SSSR count). The molecule has 0 saturated carbocycles. The highest BCUT2D eigenvalue weighted by molar-refractivity contribution is 5.65. The van der Waals surface area contributed by atoms with Crippen LogP contribution in [-0.4, -0.2) is 57.5 Å². The lowest BCUT2D eigenvalue weighted by atomic mass is 10.0. The Bertz CT molecular complexity index is 483. The van der Waals surface area contributed by atoms with Crippen LogP contribution in [0.2, 0.25) is 0 Å². The summed E-state index contributed by atoms with van der Waals surface area (Å²) >= 11 is 0. The van der Waals surface area contributed by atoms with Gasteiger partial charge in [-0.25, -0.2) is 0 Å². The minimum Gasteiger partial charge on any atom is -0.463 e. The molecule has 0 spiro atoms. The highest BCUT2D eigenvalue weighted by Gasteiger charge is 2.36. The smallest absolute Gasteiger partial charge is 0.302 e. The fourth-order valence-electron chi connectivity index (χ4n) is 2.66. The Balaban J connectivity index is 2.06. The van der Waals surface area contributed by atoms with Crippen molar-refractivity contribution in [1.82, 2.24) is 0 Å². The highest BCUT2D eigenvalue weighted by atomic mass is 16.7. The van der Waals surface area contributed by atoms with Crippen LogP contribution in [-0.2, 0) is 19.0 Å². The standard InChI is InChI=1S/C17H26NO4/c1-13(19)20-12-16-15(10-18(2,3)4)11-21-17(22-16)14-8-6-5-7-9-14/h5-9,15-17H,10-12H2,1-4H3/q+1. The van der Waals surface area contributed by atoms with Crippen molar-refractivity contribution < 1.29 is 23.5 Å². The molecule has 1 saturated heterocycles. The summed E-state index contributed by atoms with van der Waals surface area (Å²) < 4.78 is 18.0. The summed E-state index contributed by atoms with van der Waals surface area (Å²) in [6.45, 7) is 3.18. The summed E-state index contributed by atoms with van der Waals surface area (Å²) in [4.78, 5) is 11.1. The van der Waals surface area contributed by atoms with Crippen molar-refractivity contribution in [3.8, 4) is 0 Å². The molecule has 1 fully saturated rings. The first kappa shape index (κ1) is 16.9. The maximum atomic E-state index is 11.1. The molecule has 5 heteroatoms. The van der Waals surface area contributed by atoms with Crippen LogP contribution in [0.3, 0.4) is 0 Å². The molecule has 0 amide bonds. The van der Waals surface area contributed by atoms with Crippen molar-refractivity contribution in [3.05, 3.63) is 35.9 Å². The van der Waals surface area contributed by atoms with Gasteiger partial charge < -0.3 is 18.7 Å². The SMILES string of the molecule is CC(=O)OCC1OC(c2ccccc2)OCC1C[N+](C)(C)C. The molecule has 0 radical (unpaired) electrons. The van der Waals surface area contributed by atoms with E-state index in [-0.39, 0.29) is 24.6 Å². The third-order valence-electron chi connectivity index (χ3n) is 3.59. The monoisotopic (exact) mass is 308 g/mol. The van der Waals surface area contributed by atoms with E-state index >= 15 is 0 Å². The van der Waals surface area contributed by atoms with E-state index in [0.717, 1.165) is 16.6 Å². The molecular weight excluding hydrogens is 282 g/mol. The Hall–Kier alpha value is -1.43. The van der Waals surface area contributed by atoms with Gasteiger partial charge in [0.15, 0.2) is 6.29 Å². The average molecular weight is 308 g/mol. The summed E-state index contributed by atoms with van der Waals surface area (Å²) in [5.74, 6) is -0.0883. The zero-order valence-corrected chi connectivity index (χ0v) is 13.8. The molecule has 0 aromatic heterocycles. The Morgan fingerprint density at radius 2 is 1.95 bits per heavy atom. The summed E-state index contributed by atoms with van der Waals surface area (Å²) in [6, 6.07) is 9.84. The first-order chi connectivity index (χ1) is 10.3. The largest absolute Gasteiger partial charge is 0.463 e. The fraction of sp³-hybridized carbons (Fsp3) is 0.588. The van der Waals surface area contributed by atoms with Crippen molar-refractivity contribution >= 4 is 5.97 Å². The molecule has 1 aromatic rings. The number of hydrogen-bond donors (Lipinski definition) is 0. The van der Waals surface area contributed by atoms with E-state index < -0.39 is 6.29 Å². The second-order valence-corrected chi connectivity index (χ2v) is 6.79. The van der Waals surface area contributed by atoms with Crippen LogP contribution in [0.25, 0.3) is 0 Å². The third kappa shape index (κ3) is 5.09. The Kier molecular flexibility index (Phi) is 5.56. The van der Waals surface area contributed by atoms with Crippen molar-refractivity contribution in [2.75, 3.05) is 40.9 Å². The van der Waals surface area contributed by atoms with Gasteiger partial charge >= 0.3 is 5.97 Å². The van der Waals surface area contributed by atoms with Crippen LogP contribution >= 0.6 is 0 Å². The maximum Gasteiger partial charge on any atom is 0.302 e. The molecular formula is C17H26NO4+. The number of nitrogens with zero attached hydrogens (tertiary/aromatic N) is 1. The molecule has 5 nitrogen and oxygen atoms in total. The van der Waals surface area contributed by atoms with E-state index in [1.807, 2.05) is 30.3 Å². The van der Waals surface area contributed by atoms with E-state index in [1.54, 1.807) is 0 Å². The van der Waals surface area contributed by atoms with Crippen molar-refractivity contribution in [3.63, 3.8) is 0 Å². The molecule has 1 aliphatic heterocycles. The van der Waals surface area contributed by atoms with E-state index in [0.29, 0.717) is 6.61 Å². The number of esters is 1. The molecule has 0 bridgehead atoms. The first-order valence-corrected chi connectivity index (χ1v) is 7.61. The van der Waals surface area contributed by atoms with E-state index in [1.165, 1.54) is 6.92 Å². The van der Waals surface area contributed by atoms with Gasteiger partial charge in [0, 0.05) is 12.5 Å². The second kappa shape index (κ2) is 7.22. The lowest BCUT2D eigenvalue weighted by Gasteiger charge is -2.39. The molecule has 1 heterocycles. The summed E-state index contributed by atoms with van der Waals surface area (Å²) in [6.07, 6.45) is -0.550. The van der Waals surface area contributed by atoms with Gasteiger partial charge in [-0.05, 0) is 0 Å². The zero-order chi connectivity index (χ0) is 16.2. The zero-order valence-electron chi connectivity index (χ0n) is 13.8. The van der Waals surface area contributed by atoms with Crippen molar-refractivity contribution in [2.24, 2.45) is 5.92 Å². The molecule has 0 aliphatic carbocycles. The number of rotatable bonds is 5. The molecule has 22 heavy (non-hydrogen) atoms. The Morgan fingerprint density at radius 1 is 1.27 bits per heavy atom. The highest BCUT2D eigenvalue weighted by Crippen LogP contribution is 2.30. The van der Waals surface area contributed by atoms with Gasteiger partial charge in [-0.3, -0.25) is 4.79 Å². The maximum absolute atomic E-state index is 11.1. The normalized spacial score (nSPS) is 25.7. The summed E-state index contributed by atoms with van der Waals surface area (Å²) in [5, 5.41) is 0. The summed E-state index contributed by atoms with van der Waals surface area (Å²) in [7, 11) is 6.39. The molecule has 0 N–H and O–H groups in total. The van der Waals surface area contributed by atoms with Crippen LogP contribution < -0.4 is 0 Å². The molecule has 122 valence electrons. The van der Waals surface area contributed by atoms with E-state index in [2.05, 4.69) is 21.1 Å². The fourth-order valence-corrected chi connectivity index (χ4v) is 2.66. The van der Waals surface area contributed by atoms with Crippen LogP contribution in [0.4, 0.5) is 0 Å². The van der Waals surface area contributed by atoms with Gasteiger partial charge in [0.1, 0.15) is 12.7 Å². The van der Waals surface area contributed by atoms with Crippen LogP contribution in [0.1, 0.15) is 18.8 Å². The van der Waals surface area contributed by atoms with Crippen LogP contribution in [0.5, 0.6) is 0 Å². The third-order valence-corrected chi connectivity index (χ3v) is 3.59. The second-order valence-electron chi connectivity index (χ2n) is 6.79. The number of hydrogen-bond acceptors (Lipinski definition) is 4. The average Bonchev–Trinajstić information content (AvgIpc) is 2.45. The quantitative estimate of drug-likeness (QED) is 0.616. The predicted octanol–water partition coefficient (Wildman–Crippen LogP) is 1.99. The van der Waals surface area contributed by atoms with Gasteiger partial charge in [0.2, 0.25) is 0 Å². The minimum absolute atomic E-state index is 0.153. The number of carbonyl (C=O) groups is 1. The van der Waals surface area contributed by atoms with Gasteiger partial charge in [-0.15, -0.1) is 0 Å². The van der Waals surface area contributed by atoms with Crippen LogP contribution in [0, 0.1) is 5.92 Å². The Morgan fingerprint density at radius 3 is 2.55 bits per heavy atom. The molecule has 3 atom stereocenters. The predicted molar refractivity (Wildman–Crippen MR) is 83.0 cm³/mol. The first-order valence-electron chi connectivity index (χ1n) is 7.61. The number of quaternary nitrogens is 1. The van der Waals surface area contributed by atoms with Crippen LogP contribution in [0.15, 0.2) is 30.3 Å². The van der Waals surface area contributed by atoms with Gasteiger partial charge in [-0.1, -0.05) is 30.3 Å². The summed E-state index contributed by atoms with van der Waals surface area (Å²) in [5.41, 5.74) is 0.985. The van der Waals surface area contributed by atoms with Crippen molar-refractivity contribution in [2.45, 2.75) is 19.3 Å². The lowest BCUT2D eigenvalue weighted by Crippen LogP contribution is -2.49. The lowest BCUT2D eigenvalue weighted by molar-refractivity contribution is -0.874. The van der Waals surface area contributed by atoms with Crippen molar-refractivity contribution in [1.29, 1.82) is 0 Å². The minimum atomic E-state index is -0.398. The van der Waals surface area contributed by atoms with Gasteiger partial charge in [0.25, 0.3) is 0 Å².